The Morgan fingerprint density at radius 1 is 1.38 bits per heavy atom. The first-order valence-corrected chi connectivity index (χ1v) is 7.25. The van der Waals surface area contributed by atoms with Crippen molar-refractivity contribution in [3.05, 3.63) is 23.8 Å². The third-order valence-electron chi connectivity index (χ3n) is 3.63. The predicted octanol–water partition coefficient (Wildman–Crippen LogP) is 2.47. The average Bonchev–Trinajstić information content (AvgIpc) is 2.89. The van der Waals surface area contributed by atoms with Gasteiger partial charge in [0.1, 0.15) is 0 Å². The van der Waals surface area contributed by atoms with Crippen LogP contribution in [0.3, 0.4) is 0 Å². The van der Waals surface area contributed by atoms with Crippen LogP contribution in [0.1, 0.15) is 18.9 Å². The third-order valence-corrected chi connectivity index (χ3v) is 3.63. The van der Waals surface area contributed by atoms with Crippen molar-refractivity contribution >= 4 is 0 Å². The molecule has 1 aromatic rings. The Morgan fingerprint density at radius 3 is 2.81 bits per heavy atom. The maximum absolute atomic E-state index is 12.4. The normalized spacial score (nSPS) is 19.2. The van der Waals surface area contributed by atoms with Crippen molar-refractivity contribution in [1.29, 1.82) is 0 Å². The van der Waals surface area contributed by atoms with Crippen molar-refractivity contribution in [2.45, 2.75) is 26.5 Å². The van der Waals surface area contributed by atoms with Crippen LogP contribution in [0.5, 0.6) is 11.5 Å². The molecule has 1 unspecified atom stereocenters. The number of nitrogens with two attached hydrogens (primary N) is 1. The van der Waals surface area contributed by atoms with Crippen molar-refractivity contribution in [3.8, 4) is 11.5 Å². The molecule has 1 saturated heterocycles. The summed E-state index contributed by atoms with van der Waals surface area (Å²) in [6.07, 6.45) is 1.11. The predicted molar refractivity (Wildman–Crippen MR) is 76.7 cm³/mol. The van der Waals surface area contributed by atoms with Gasteiger partial charge >= 0.3 is 6.61 Å². The zero-order chi connectivity index (χ0) is 15.2. The fourth-order valence-electron chi connectivity index (χ4n) is 2.62. The first kappa shape index (κ1) is 16.0. The van der Waals surface area contributed by atoms with Crippen LogP contribution in [0, 0.1) is 5.92 Å². The molecule has 0 spiro atoms. The summed E-state index contributed by atoms with van der Waals surface area (Å²) in [6, 6.07) is 5.12. The number of halogens is 2. The smallest absolute Gasteiger partial charge is 0.387 e. The van der Waals surface area contributed by atoms with Gasteiger partial charge in [-0.05, 0) is 50.0 Å². The van der Waals surface area contributed by atoms with Gasteiger partial charge in [0.2, 0.25) is 0 Å². The van der Waals surface area contributed by atoms with E-state index in [0.717, 1.165) is 31.6 Å². The molecule has 4 nitrogen and oxygen atoms in total. The highest BCUT2D eigenvalue weighted by atomic mass is 19.3. The lowest BCUT2D eigenvalue weighted by molar-refractivity contribution is -0.0514. The number of rotatable bonds is 7. The second kappa shape index (κ2) is 7.56. The summed E-state index contributed by atoms with van der Waals surface area (Å²) in [5.41, 5.74) is 6.71. The van der Waals surface area contributed by atoms with Crippen LogP contribution in [-0.4, -0.2) is 37.8 Å². The minimum Gasteiger partial charge on any atom is -0.490 e. The number of alkyl halides is 2. The van der Waals surface area contributed by atoms with Crippen LogP contribution in [0.25, 0.3) is 0 Å². The van der Waals surface area contributed by atoms with E-state index in [4.69, 9.17) is 10.5 Å². The van der Waals surface area contributed by atoms with E-state index in [-0.39, 0.29) is 5.75 Å². The van der Waals surface area contributed by atoms with E-state index in [9.17, 15) is 8.78 Å². The van der Waals surface area contributed by atoms with E-state index in [0.29, 0.717) is 24.8 Å². The van der Waals surface area contributed by atoms with Crippen molar-refractivity contribution in [2.24, 2.45) is 11.7 Å². The Balaban J connectivity index is 2.05. The summed E-state index contributed by atoms with van der Waals surface area (Å²) >= 11 is 0. The van der Waals surface area contributed by atoms with Gasteiger partial charge in [0.05, 0.1) is 6.61 Å². The van der Waals surface area contributed by atoms with E-state index in [2.05, 4.69) is 9.64 Å². The zero-order valence-electron chi connectivity index (χ0n) is 12.2. The monoisotopic (exact) mass is 300 g/mol. The maximum Gasteiger partial charge on any atom is 0.387 e. The first-order chi connectivity index (χ1) is 10.1. The van der Waals surface area contributed by atoms with Gasteiger partial charge in [-0.15, -0.1) is 0 Å². The zero-order valence-corrected chi connectivity index (χ0v) is 12.2. The minimum atomic E-state index is -2.85. The summed E-state index contributed by atoms with van der Waals surface area (Å²) in [5.74, 6) is 1.000. The fourth-order valence-corrected chi connectivity index (χ4v) is 2.62. The van der Waals surface area contributed by atoms with Crippen LogP contribution in [0.15, 0.2) is 18.2 Å². The molecule has 1 aromatic carbocycles. The van der Waals surface area contributed by atoms with E-state index in [1.807, 2.05) is 6.92 Å². The molecular formula is C15H22F2N2O2. The first-order valence-electron chi connectivity index (χ1n) is 7.25. The highest BCUT2D eigenvalue weighted by Gasteiger charge is 2.21. The molecule has 0 aromatic heterocycles. The Kier molecular flexibility index (Phi) is 5.76. The van der Waals surface area contributed by atoms with Crippen molar-refractivity contribution in [1.82, 2.24) is 4.90 Å². The van der Waals surface area contributed by atoms with Crippen LogP contribution in [0.4, 0.5) is 8.78 Å². The molecule has 0 aliphatic carbocycles. The van der Waals surface area contributed by atoms with Gasteiger partial charge in [-0.3, -0.25) is 4.90 Å². The molecule has 1 aliphatic heterocycles. The largest absolute Gasteiger partial charge is 0.490 e. The summed E-state index contributed by atoms with van der Waals surface area (Å²) in [4.78, 5) is 2.32. The molecular weight excluding hydrogens is 278 g/mol. The van der Waals surface area contributed by atoms with Crippen LogP contribution in [0.2, 0.25) is 0 Å². The Morgan fingerprint density at radius 2 is 2.19 bits per heavy atom. The molecule has 1 aliphatic rings. The van der Waals surface area contributed by atoms with Gasteiger partial charge in [0.25, 0.3) is 0 Å². The standard InChI is InChI=1S/C15H22F2N2O2/c1-2-20-14-7-11(3-4-13(14)21-15(16)17)9-19-6-5-12(8-18)10-19/h3-4,7,12,15H,2,5-6,8-10,18H2,1H3. The van der Waals surface area contributed by atoms with E-state index < -0.39 is 6.61 Å². The van der Waals surface area contributed by atoms with E-state index in [1.165, 1.54) is 0 Å². The second-order valence-corrected chi connectivity index (χ2v) is 5.22. The van der Waals surface area contributed by atoms with Crippen molar-refractivity contribution < 1.29 is 18.3 Å². The molecule has 0 amide bonds. The van der Waals surface area contributed by atoms with Crippen LogP contribution in [-0.2, 0) is 6.54 Å². The number of ether oxygens (including phenoxy) is 2. The molecule has 6 heteroatoms. The van der Waals surface area contributed by atoms with Gasteiger partial charge in [0.15, 0.2) is 11.5 Å². The lowest BCUT2D eigenvalue weighted by Gasteiger charge is -2.17. The second-order valence-electron chi connectivity index (χ2n) is 5.22. The number of likely N-dealkylation sites (tertiary alicyclic amines) is 1. The molecule has 21 heavy (non-hydrogen) atoms. The van der Waals surface area contributed by atoms with Crippen molar-refractivity contribution in [2.75, 3.05) is 26.2 Å². The fraction of sp³-hybridized carbons (Fsp3) is 0.600. The number of hydrogen-bond acceptors (Lipinski definition) is 4. The van der Waals surface area contributed by atoms with Crippen molar-refractivity contribution in [3.63, 3.8) is 0 Å². The highest BCUT2D eigenvalue weighted by Crippen LogP contribution is 2.30. The Bertz CT molecular complexity index is 457. The molecule has 2 rings (SSSR count). The summed E-state index contributed by atoms with van der Waals surface area (Å²) in [6.45, 7) is 2.84. The SMILES string of the molecule is CCOc1cc(CN2CCC(CN)C2)ccc1OC(F)F. The molecule has 0 radical (unpaired) electrons. The molecule has 1 heterocycles. The van der Waals surface area contributed by atoms with Crippen LogP contribution >= 0.6 is 0 Å². The molecule has 2 N–H and O–H groups in total. The molecule has 118 valence electrons. The quantitative estimate of drug-likeness (QED) is 0.840. The van der Waals surface area contributed by atoms with Gasteiger partial charge in [0, 0.05) is 13.1 Å². The van der Waals surface area contributed by atoms with Gasteiger partial charge in [-0.25, -0.2) is 0 Å². The lowest BCUT2D eigenvalue weighted by Crippen LogP contribution is -2.22. The average molecular weight is 300 g/mol. The molecule has 1 fully saturated rings. The van der Waals surface area contributed by atoms with E-state index >= 15 is 0 Å². The number of nitrogens with zero attached hydrogens (tertiary/aromatic N) is 1. The van der Waals surface area contributed by atoms with E-state index in [1.54, 1.807) is 18.2 Å². The topological polar surface area (TPSA) is 47.7 Å². The van der Waals surface area contributed by atoms with Crippen LogP contribution < -0.4 is 15.2 Å². The highest BCUT2D eigenvalue weighted by molar-refractivity contribution is 5.43. The summed E-state index contributed by atoms with van der Waals surface area (Å²) < 4.78 is 34.6. The lowest BCUT2D eigenvalue weighted by atomic mass is 10.1. The Labute approximate surface area is 123 Å². The minimum absolute atomic E-state index is 0.0804. The van der Waals surface area contributed by atoms with Gasteiger partial charge in [-0.1, -0.05) is 6.07 Å². The molecule has 0 saturated carbocycles. The van der Waals surface area contributed by atoms with Gasteiger partial charge in [-0.2, -0.15) is 8.78 Å². The Hall–Kier alpha value is -1.40. The summed E-state index contributed by atoms with van der Waals surface area (Å²) in [5, 5.41) is 0. The maximum atomic E-state index is 12.4. The molecule has 1 atom stereocenters. The number of hydrogen-bond donors (Lipinski definition) is 1. The van der Waals surface area contributed by atoms with Gasteiger partial charge < -0.3 is 15.2 Å². The third kappa shape index (κ3) is 4.54. The number of benzene rings is 1. The summed E-state index contributed by atoms with van der Waals surface area (Å²) in [7, 11) is 0. The molecule has 0 bridgehead atoms.